The van der Waals surface area contributed by atoms with Crippen molar-refractivity contribution in [2.75, 3.05) is 6.61 Å². The van der Waals surface area contributed by atoms with Crippen molar-refractivity contribution >= 4 is 42.2 Å². The fraction of sp³-hybridized carbons (Fsp3) is 0.533. The average molecular weight is 361 g/mol. The summed E-state index contributed by atoms with van der Waals surface area (Å²) in [6, 6.07) is 2.93. The fourth-order valence-corrected chi connectivity index (χ4v) is 3.44. The van der Waals surface area contributed by atoms with E-state index in [1.54, 1.807) is 6.92 Å². The predicted octanol–water partition coefficient (Wildman–Crippen LogP) is 4.71. The van der Waals surface area contributed by atoms with Crippen LogP contribution in [0.15, 0.2) is 12.3 Å². The molecule has 2 rings (SSSR count). The Kier molecular flexibility index (Phi) is 5.56. The Balaban J connectivity index is 2.30. The van der Waals surface area contributed by atoms with Crippen molar-refractivity contribution in [2.24, 2.45) is 0 Å². The fourth-order valence-electron chi connectivity index (χ4n) is 2.24. The summed E-state index contributed by atoms with van der Waals surface area (Å²) in [5.74, 6) is 0. The zero-order valence-electron chi connectivity index (χ0n) is 13.4. The minimum atomic E-state index is -1.13. The minimum Gasteiger partial charge on any atom is -0.387 e. The Morgan fingerprint density at radius 1 is 1.36 bits per heavy atom. The number of nitrogens with zero attached hydrogens (tertiary/aromatic N) is 2. The minimum absolute atomic E-state index is 0.329. The summed E-state index contributed by atoms with van der Waals surface area (Å²) in [4.78, 5) is 4.09. The van der Waals surface area contributed by atoms with E-state index in [1.807, 2.05) is 10.6 Å². The largest absolute Gasteiger partial charge is 0.387 e. The van der Waals surface area contributed by atoms with Crippen molar-refractivity contribution in [2.45, 2.75) is 45.4 Å². The van der Waals surface area contributed by atoms with E-state index >= 15 is 0 Å². The van der Waals surface area contributed by atoms with Crippen molar-refractivity contribution in [3.05, 3.63) is 28.1 Å². The van der Waals surface area contributed by atoms with E-state index in [4.69, 9.17) is 27.9 Å². The monoisotopic (exact) mass is 360 g/mol. The van der Waals surface area contributed by atoms with Gasteiger partial charge in [-0.1, -0.05) is 42.8 Å². The van der Waals surface area contributed by atoms with Gasteiger partial charge in [0.2, 0.25) is 0 Å². The maximum atomic E-state index is 10.00. The lowest BCUT2D eigenvalue weighted by molar-refractivity contribution is 0.0811. The van der Waals surface area contributed by atoms with Crippen LogP contribution in [-0.2, 0) is 11.5 Å². The summed E-state index contributed by atoms with van der Waals surface area (Å²) in [5.41, 5.74) is 1.43. The van der Waals surface area contributed by atoms with Gasteiger partial charge in [-0.05, 0) is 19.0 Å². The van der Waals surface area contributed by atoms with Crippen LogP contribution in [-0.4, -0.2) is 29.3 Å². The molecule has 2 heterocycles. The lowest BCUT2D eigenvalue weighted by atomic mass is 10.2. The molecule has 0 aliphatic rings. The Bertz CT molecular complexity index is 666. The standard InChI is InChI=1S/C15H22Cl2N2O2Si/c1-10(20)13-7-11-12(16)8-18-15(17)14(11)19(13)9-21-5-6-22(2,3)4/h7-8,10,20H,5-6,9H2,1-4H3. The van der Waals surface area contributed by atoms with Crippen LogP contribution >= 0.6 is 23.2 Å². The first-order chi connectivity index (χ1) is 10.2. The second-order valence-electron chi connectivity index (χ2n) is 6.68. The van der Waals surface area contributed by atoms with Gasteiger partial charge in [0, 0.05) is 32.0 Å². The number of hydrogen-bond donors (Lipinski definition) is 1. The molecule has 0 aliphatic carbocycles. The Labute approximate surface area is 142 Å². The molecule has 122 valence electrons. The third kappa shape index (κ3) is 4.03. The molecule has 0 aliphatic heterocycles. The number of pyridine rings is 1. The lowest BCUT2D eigenvalue weighted by Gasteiger charge is -2.17. The molecule has 0 amide bonds. The molecule has 0 bridgehead atoms. The predicted molar refractivity (Wildman–Crippen MR) is 94.5 cm³/mol. The van der Waals surface area contributed by atoms with Gasteiger partial charge in [0.05, 0.1) is 16.6 Å². The SMILES string of the molecule is CC(O)c1cc2c(Cl)cnc(Cl)c2n1COCC[Si](C)(C)C. The topological polar surface area (TPSA) is 47.3 Å². The number of halogens is 2. The van der Waals surface area contributed by atoms with Crippen LogP contribution in [0.25, 0.3) is 10.9 Å². The molecule has 2 aromatic heterocycles. The summed E-state index contributed by atoms with van der Waals surface area (Å²) in [6.07, 6.45) is 0.883. The van der Waals surface area contributed by atoms with Gasteiger partial charge in [-0.15, -0.1) is 0 Å². The summed E-state index contributed by atoms with van der Waals surface area (Å²) < 4.78 is 7.66. The first-order valence-corrected chi connectivity index (χ1v) is 11.8. The molecular weight excluding hydrogens is 339 g/mol. The van der Waals surface area contributed by atoms with E-state index in [0.717, 1.165) is 17.1 Å². The van der Waals surface area contributed by atoms with Crippen molar-refractivity contribution < 1.29 is 9.84 Å². The molecular formula is C15H22Cl2N2O2Si. The smallest absolute Gasteiger partial charge is 0.153 e. The molecule has 0 fully saturated rings. The molecule has 4 nitrogen and oxygen atoms in total. The van der Waals surface area contributed by atoms with Gasteiger partial charge < -0.3 is 14.4 Å². The highest BCUT2D eigenvalue weighted by Gasteiger charge is 2.18. The molecule has 1 N–H and O–H groups in total. The second-order valence-corrected chi connectivity index (χ2v) is 13.1. The number of aliphatic hydroxyl groups excluding tert-OH is 1. The van der Waals surface area contributed by atoms with Gasteiger partial charge in [-0.2, -0.15) is 0 Å². The quantitative estimate of drug-likeness (QED) is 0.461. The normalized spacial score (nSPS) is 13.8. The van der Waals surface area contributed by atoms with Gasteiger partial charge >= 0.3 is 0 Å². The zero-order valence-corrected chi connectivity index (χ0v) is 15.9. The molecule has 0 radical (unpaired) electrons. The summed E-state index contributed by atoms with van der Waals surface area (Å²) >= 11 is 12.4. The third-order valence-electron chi connectivity index (χ3n) is 3.52. The number of aromatic nitrogens is 2. The summed E-state index contributed by atoms with van der Waals surface area (Å²) in [6.45, 7) is 9.66. The third-order valence-corrected chi connectivity index (χ3v) is 5.80. The Morgan fingerprint density at radius 2 is 2.05 bits per heavy atom. The van der Waals surface area contributed by atoms with Gasteiger partial charge in [-0.25, -0.2) is 4.98 Å². The van der Waals surface area contributed by atoms with E-state index in [1.165, 1.54) is 6.20 Å². The molecule has 0 spiro atoms. The van der Waals surface area contributed by atoms with Crippen LogP contribution in [0.5, 0.6) is 0 Å². The van der Waals surface area contributed by atoms with E-state index in [-0.39, 0.29) is 0 Å². The number of hydrogen-bond acceptors (Lipinski definition) is 3. The number of fused-ring (bicyclic) bond motifs is 1. The molecule has 1 atom stereocenters. The molecule has 2 aromatic rings. The first-order valence-electron chi connectivity index (χ1n) is 7.29. The number of ether oxygens (including phenoxy) is 1. The zero-order chi connectivity index (χ0) is 16.5. The van der Waals surface area contributed by atoms with Gasteiger partial charge in [-0.3, -0.25) is 0 Å². The molecule has 0 aromatic carbocycles. The van der Waals surface area contributed by atoms with E-state index in [9.17, 15) is 5.11 Å². The van der Waals surface area contributed by atoms with Gasteiger partial charge in [0.25, 0.3) is 0 Å². The maximum absolute atomic E-state index is 10.00. The van der Waals surface area contributed by atoms with E-state index in [2.05, 4.69) is 24.6 Å². The maximum Gasteiger partial charge on any atom is 0.153 e. The molecule has 7 heteroatoms. The highest BCUT2D eigenvalue weighted by Crippen LogP contribution is 2.33. The first kappa shape index (κ1) is 17.8. The van der Waals surface area contributed by atoms with Crippen LogP contribution in [0, 0.1) is 0 Å². The van der Waals surface area contributed by atoms with Gasteiger partial charge in [0.1, 0.15) is 6.73 Å². The van der Waals surface area contributed by atoms with Crippen molar-refractivity contribution in [3.8, 4) is 0 Å². The highest BCUT2D eigenvalue weighted by atomic mass is 35.5. The summed E-state index contributed by atoms with van der Waals surface area (Å²) in [7, 11) is -1.13. The van der Waals surface area contributed by atoms with Crippen LogP contribution in [0.2, 0.25) is 35.9 Å². The Morgan fingerprint density at radius 3 is 2.64 bits per heavy atom. The van der Waals surface area contributed by atoms with Crippen molar-refractivity contribution in [3.63, 3.8) is 0 Å². The van der Waals surface area contributed by atoms with Crippen LogP contribution in [0.1, 0.15) is 18.7 Å². The highest BCUT2D eigenvalue weighted by molar-refractivity contribution is 6.76. The second kappa shape index (κ2) is 6.89. The molecule has 0 saturated heterocycles. The number of aliphatic hydroxyl groups is 1. The van der Waals surface area contributed by atoms with Crippen molar-refractivity contribution in [1.29, 1.82) is 0 Å². The lowest BCUT2D eigenvalue weighted by Crippen LogP contribution is -2.22. The van der Waals surface area contributed by atoms with Crippen LogP contribution in [0.4, 0.5) is 0 Å². The molecule has 0 saturated carbocycles. The molecule has 1 unspecified atom stereocenters. The summed E-state index contributed by atoms with van der Waals surface area (Å²) in [5, 5.41) is 11.7. The Hall–Kier alpha value is -0.593. The van der Waals surface area contributed by atoms with Crippen LogP contribution < -0.4 is 0 Å². The van der Waals surface area contributed by atoms with E-state index in [0.29, 0.717) is 29.0 Å². The van der Waals surface area contributed by atoms with Crippen molar-refractivity contribution in [1.82, 2.24) is 9.55 Å². The van der Waals surface area contributed by atoms with Gasteiger partial charge in [0.15, 0.2) is 5.15 Å². The average Bonchev–Trinajstić information content (AvgIpc) is 2.79. The van der Waals surface area contributed by atoms with E-state index < -0.39 is 14.2 Å². The molecule has 22 heavy (non-hydrogen) atoms. The van der Waals surface area contributed by atoms with Crippen LogP contribution in [0.3, 0.4) is 0 Å². The number of rotatable bonds is 6.